The molecule has 27 heavy (non-hydrogen) atoms. The highest BCUT2D eigenvalue weighted by Gasteiger charge is 2.35. The molecule has 1 amide bonds. The number of para-hydroxylation sites is 1. The van der Waals surface area contributed by atoms with Crippen molar-refractivity contribution in [1.29, 1.82) is 0 Å². The number of hydrogen-bond acceptors (Lipinski definition) is 5. The van der Waals surface area contributed by atoms with E-state index in [-0.39, 0.29) is 35.8 Å². The van der Waals surface area contributed by atoms with Crippen molar-refractivity contribution >= 4 is 32.9 Å². The molecule has 6 nitrogen and oxygen atoms in total. The third-order valence-electron chi connectivity index (χ3n) is 4.61. The molecule has 2 aromatic rings. The number of rotatable bonds is 6. The highest BCUT2D eigenvalue weighted by Crippen LogP contribution is 2.24. The highest BCUT2D eigenvalue weighted by molar-refractivity contribution is 7.91. The van der Waals surface area contributed by atoms with Gasteiger partial charge in [0.25, 0.3) is 0 Å². The molecule has 0 aliphatic carbocycles. The second-order valence-electron chi connectivity index (χ2n) is 6.64. The van der Waals surface area contributed by atoms with Gasteiger partial charge in [-0.25, -0.2) is 8.42 Å². The summed E-state index contributed by atoms with van der Waals surface area (Å²) >= 11 is 0. The van der Waals surface area contributed by atoms with Crippen molar-refractivity contribution in [2.24, 2.45) is 0 Å². The fourth-order valence-electron chi connectivity index (χ4n) is 3.21. The van der Waals surface area contributed by atoms with Crippen LogP contribution in [0.4, 0.5) is 11.4 Å². The van der Waals surface area contributed by atoms with Crippen LogP contribution >= 0.6 is 0 Å². The van der Waals surface area contributed by atoms with E-state index in [2.05, 4.69) is 5.32 Å². The number of sulfone groups is 1. The molecule has 1 saturated heterocycles. The Hall–Kier alpha value is -2.67. The van der Waals surface area contributed by atoms with Crippen molar-refractivity contribution in [3.05, 3.63) is 60.2 Å². The van der Waals surface area contributed by atoms with E-state index >= 15 is 0 Å². The van der Waals surface area contributed by atoms with E-state index in [9.17, 15) is 18.0 Å². The first kappa shape index (κ1) is 19.1. The average molecular weight is 386 g/mol. The Kier molecular flexibility index (Phi) is 5.60. The zero-order chi connectivity index (χ0) is 19.4. The van der Waals surface area contributed by atoms with E-state index in [0.717, 1.165) is 5.69 Å². The van der Waals surface area contributed by atoms with E-state index in [1.165, 1.54) is 6.92 Å². The summed E-state index contributed by atoms with van der Waals surface area (Å²) in [5.74, 6) is -0.121. The normalized spacial score (nSPS) is 18.0. The summed E-state index contributed by atoms with van der Waals surface area (Å²) in [4.78, 5) is 25.8. The fourth-order valence-corrected chi connectivity index (χ4v) is 4.91. The van der Waals surface area contributed by atoms with Crippen LogP contribution in [0, 0.1) is 0 Å². The van der Waals surface area contributed by atoms with Crippen molar-refractivity contribution < 1.29 is 18.0 Å². The standard InChI is InChI=1S/C20H22N2O4S/c1-15(23)16-7-9-17(10-8-16)21-13-20(24)22(18-5-3-2-4-6-18)19-11-12-27(25,26)14-19/h2-10,19,21H,11-14H2,1H3/t19-/m0/s1. The van der Waals surface area contributed by atoms with Crippen LogP contribution in [0.1, 0.15) is 23.7 Å². The van der Waals surface area contributed by atoms with Gasteiger partial charge >= 0.3 is 0 Å². The van der Waals surface area contributed by atoms with Gasteiger partial charge in [0.15, 0.2) is 15.6 Å². The third kappa shape index (κ3) is 4.74. The lowest BCUT2D eigenvalue weighted by molar-refractivity contribution is -0.117. The Morgan fingerprint density at radius 2 is 1.74 bits per heavy atom. The summed E-state index contributed by atoms with van der Waals surface area (Å²) in [6, 6.07) is 15.7. The van der Waals surface area contributed by atoms with Crippen molar-refractivity contribution in [2.45, 2.75) is 19.4 Å². The molecule has 142 valence electrons. The lowest BCUT2D eigenvalue weighted by Gasteiger charge is -2.28. The number of nitrogens with one attached hydrogen (secondary N) is 1. The van der Waals surface area contributed by atoms with Crippen molar-refractivity contribution in [1.82, 2.24) is 0 Å². The molecule has 0 aromatic heterocycles. The Bertz CT molecular complexity index is 924. The van der Waals surface area contributed by atoms with Crippen LogP contribution in [0.15, 0.2) is 54.6 Å². The Balaban J connectivity index is 1.74. The quantitative estimate of drug-likeness (QED) is 0.772. The third-order valence-corrected chi connectivity index (χ3v) is 6.36. The summed E-state index contributed by atoms with van der Waals surface area (Å²) in [6.45, 7) is 1.53. The lowest BCUT2D eigenvalue weighted by Crippen LogP contribution is -2.44. The predicted molar refractivity (Wildman–Crippen MR) is 106 cm³/mol. The summed E-state index contributed by atoms with van der Waals surface area (Å²) in [5.41, 5.74) is 2.02. The summed E-state index contributed by atoms with van der Waals surface area (Å²) in [5, 5.41) is 3.05. The average Bonchev–Trinajstić information content (AvgIpc) is 3.00. The van der Waals surface area contributed by atoms with E-state index in [1.807, 2.05) is 30.3 Å². The molecule has 0 bridgehead atoms. The molecule has 1 fully saturated rings. The first-order chi connectivity index (χ1) is 12.9. The fraction of sp³-hybridized carbons (Fsp3) is 0.300. The zero-order valence-corrected chi connectivity index (χ0v) is 15.9. The SMILES string of the molecule is CC(=O)c1ccc(NCC(=O)N(c2ccccc2)[C@H]2CCS(=O)(=O)C2)cc1. The van der Waals surface area contributed by atoms with Gasteiger partial charge < -0.3 is 10.2 Å². The molecular weight excluding hydrogens is 364 g/mol. The molecule has 1 heterocycles. The van der Waals surface area contributed by atoms with E-state index in [0.29, 0.717) is 17.7 Å². The first-order valence-electron chi connectivity index (χ1n) is 8.78. The van der Waals surface area contributed by atoms with Gasteiger partial charge in [-0.1, -0.05) is 18.2 Å². The Labute approximate surface area is 159 Å². The van der Waals surface area contributed by atoms with Gasteiger partial charge in [0.05, 0.1) is 24.1 Å². The molecule has 0 radical (unpaired) electrons. The number of hydrogen-bond donors (Lipinski definition) is 1. The minimum absolute atomic E-state index is 0.0130. The summed E-state index contributed by atoms with van der Waals surface area (Å²) in [7, 11) is -3.11. The molecule has 0 unspecified atom stereocenters. The summed E-state index contributed by atoms with van der Waals surface area (Å²) in [6.07, 6.45) is 0.441. The lowest BCUT2D eigenvalue weighted by atomic mass is 10.1. The Morgan fingerprint density at radius 3 is 2.30 bits per heavy atom. The van der Waals surface area contributed by atoms with Gasteiger partial charge in [0.2, 0.25) is 5.91 Å². The van der Waals surface area contributed by atoms with E-state index in [4.69, 9.17) is 0 Å². The summed E-state index contributed by atoms with van der Waals surface area (Å²) < 4.78 is 23.8. The number of benzene rings is 2. The Morgan fingerprint density at radius 1 is 1.07 bits per heavy atom. The van der Waals surface area contributed by atoms with Crippen molar-refractivity contribution in [3.63, 3.8) is 0 Å². The van der Waals surface area contributed by atoms with Gasteiger partial charge in [0, 0.05) is 16.9 Å². The molecular formula is C20H22N2O4S. The molecule has 2 aromatic carbocycles. The highest BCUT2D eigenvalue weighted by atomic mass is 32.2. The second-order valence-corrected chi connectivity index (χ2v) is 8.87. The molecule has 0 spiro atoms. The molecule has 7 heteroatoms. The van der Waals surface area contributed by atoms with Gasteiger partial charge in [0.1, 0.15) is 0 Å². The molecule has 1 N–H and O–H groups in total. The van der Waals surface area contributed by atoms with Crippen LogP contribution < -0.4 is 10.2 Å². The molecule has 1 atom stereocenters. The van der Waals surface area contributed by atoms with Crippen LogP contribution in [0.2, 0.25) is 0 Å². The number of Topliss-reactive ketones (excluding diaryl/α,β-unsaturated/α-hetero) is 1. The van der Waals surface area contributed by atoms with Crippen LogP contribution in [0.25, 0.3) is 0 Å². The predicted octanol–water partition coefficient (Wildman–Crippen LogP) is 2.52. The number of anilines is 2. The van der Waals surface area contributed by atoms with Gasteiger partial charge in [-0.15, -0.1) is 0 Å². The van der Waals surface area contributed by atoms with Gasteiger partial charge in [-0.05, 0) is 49.7 Å². The molecule has 1 aliphatic rings. The van der Waals surface area contributed by atoms with Crippen molar-refractivity contribution in [3.8, 4) is 0 Å². The number of carbonyl (C=O) groups is 2. The number of amides is 1. The molecule has 1 aliphatic heterocycles. The molecule has 3 rings (SSSR count). The molecule has 0 saturated carbocycles. The maximum Gasteiger partial charge on any atom is 0.246 e. The minimum atomic E-state index is -3.11. The van der Waals surface area contributed by atoms with Gasteiger partial charge in [-0.2, -0.15) is 0 Å². The van der Waals surface area contributed by atoms with Crippen LogP contribution in [0.3, 0.4) is 0 Å². The van der Waals surface area contributed by atoms with Crippen molar-refractivity contribution in [2.75, 3.05) is 28.3 Å². The van der Waals surface area contributed by atoms with E-state index in [1.54, 1.807) is 29.2 Å². The monoisotopic (exact) mass is 386 g/mol. The maximum absolute atomic E-state index is 12.9. The largest absolute Gasteiger partial charge is 0.376 e. The van der Waals surface area contributed by atoms with Crippen LogP contribution in [-0.2, 0) is 14.6 Å². The van der Waals surface area contributed by atoms with Crippen LogP contribution in [-0.4, -0.2) is 44.2 Å². The smallest absolute Gasteiger partial charge is 0.246 e. The zero-order valence-electron chi connectivity index (χ0n) is 15.1. The van der Waals surface area contributed by atoms with E-state index < -0.39 is 9.84 Å². The topological polar surface area (TPSA) is 83.6 Å². The number of ketones is 1. The van der Waals surface area contributed by atoms with Crippen LogP contribution in [0.5, 0.6) is 0 Å². The van der Waals surface area contributed by atoms with Gasteiger partial charge in [-0.3, -0.25) is 9.59 Å². The second kappa shape index (κ2) is 7.92. The number of nitrogens with zero attached hydrogens (tertiary/aromatic N) is 1. The maximum atomic E-state index is 12.9. The minimum Gasteiger partial charge on any atom is -0.376 e. The number of carbonyl (C=O) groups excluding carboxylic acids is 2. The first-order valence-corrected chi connectivity index (χ1v) is 10.6.